The molecule has 1 aromatic heterocycles. The van der Waals surface area contributed by atoms with Gasteiger partial charge >= 0.3 is 0 Å². The molecule has 30 heavy (non-hydrogen) atoms. The highest BCUT2D eigenvalue weighted by atomic mass is 16.5. The molecular formula is C24H33N3O3. The number of carbonyl (C=O) groups is 1. The SMILES string of the molecule is Cc1c(C(=O)NC2CCCC2(C)C)c2cccc3c2n1[C@H](CN1CCOCC1)CO3. The van der Waals surface area contributed by atoms with E-state index in [4.69, 9.17) is 9.47 Å². The Morgan fingerprint density at radius 1 is 1.27 bits per heavy atom. The zero-order chi connectivity index (χ0) is 20.9. The molecule has 0 spiro atoms. The van der Waals surface area contributed by atoms with Crippen molar-refractivity contribution in [1.82, 2.24) is 14.8 Å². The molecule has 0 bridgehead atoms. The van der Waals surface area contributed by atoms with Crippen molar-refractivity contribution in [3.63, 3.8) is 0 Å². The lowest BCUT2D eigenvalue weighted by molar-refractivity contribution is 0.0272. The van der Waals surface area contributed by atoms with E-state index in [1.165, 1.54) is 6.42 Å². The molecule has 2 fully saturated rings. The highest BCUT2D eigenvalue weighted by Crippen LogP contribution is 2.40. The van der Waals surface area contributed by atoms with Crippen molar-refractivity contribution in [3.05, 3.63) is 29.5 Å². The van der Waals surface area contributed by atoms with Crippen LogP contribution >= 0.6 is 0 Å². The van der Waals surface area contributed by atoms with Crippen molar-refractivity contribution in [3.8, 4) is 5.75 Å². The number of nitrogens with one attached hydrogen (secondary N) is 1. The number of rotatable bonds is 4. The molecule has 1 aromatic carbocycles. The number of nitrogens with zero attached hydrogens (tertiary/aromatic N) is 2. The Hall–Kier alpha value is -2.05. The summed E-state index contributed by atoms with van der Waals surface area (Å²) in [6, 6.07) is 6.52. The quantitative estimate of drug-likeness (QED) is 0.836. The first kappa shape index (κ1) is 19.9. The molecule has 1 aliphatic carbocycles. The molecule has 162 valence electrons. The molecule has 1 amide bonds. The van der Waals surface area contributed by atoms with Crippen LogP contribution in [-0.4, -0.2) is 60.9 Å². The molecule has 2 aromatic rings. The van der Waals surface area contributed by atoms with Crippen LogP contribution in [0.3, 0.4) is 0 Å². The van der Waals surface area contributed by atoms with E-state index >= 15 is 0 Å². The molecule has 2 atom stereocenters. The van der Waals surface area contributed by atoms with Gasteiger partial charge in [0.25, 0.3) is 5.91 Å². The van der Waals surface area contributed by atoms with E-state index in [1.807, 2.05) is 12.1 Å². The van der Waals surface area contributed by atoms with Crippen LogP contribution < -0.4 is 10.1 Å². The van der Waals surface area contributed by atoms with Gasteiger partial charge in [-0.2, -0.15) is 0 Å². The first-order valence-corrected chi connectivity index (χ1v) is 11.3. The Labute approximate surface area is 178 Å². The summed E-state index contributed by atoms with van der Waals surface area (Å²) in [5.41, 5.74) is 3.08. The van der Waals surface area contributed by atoms with Crippen LogP contribution in [0.5, 0.6) is 5.75 Å². The van der Waals surface area contributed by atoms with Crippen molar-refractivity contribution >= 4 is 16.8 Å². The van der Waals surface area contributed by atoms with Crippen molar-refractivity contribution in [2.24, 2.45) is 5.41 Å². The maximum absolute atomic E-state index is 13.5. The summed E-state index contributed by atoms with van der Waals surface area (Å²) in [5, 5.41) is 4.38. The topological polar surface area (TPSA) is 55.7 Å². The molecule has 6 heteroatoms. The van der Waals surface area contributed by atoms with Gasteiger partial charge < -0.3 is 19.4 Å². The summed E-state index contributed by atoms with van der Waals surface area (Å²) in [5.74, 6) is 0.939. The normalized spacial score (nSPS) is 26.0. The van der Waals surface area contributed by atoms with E-state index in [1.54, 1.807) is 0 Å². The summed E-state index contributed by atoms with van der Waals surface area (Å²) in [4.78, 5) is 15.9. The minimum atomic E-state index is 0.0559. The molecular weight excluding hydrogens is 378 g/mol. The molecule has 1 unspecified atom stereocenters. The third-order valence-corrected chi connectivity index (χ3v) is 7.39. The van der Waals surface area contributed by atoms with Crippen molar-refractivity contribution < 1.29 is 14.3 Å². The first-order valence-electron chi connectivity index (χ1n) is 11.3. The third-order valence-electron chi connectivity index (χ3n) is 7.39. The van der Waals surface area contributed by atoms with Crippen LogP contribution in [0.15, 0.2) is 18.2 Å². The summed E-state index contributed by atoms with van der Waals surface area (Å²) >= 11 is 0. The maximum atomic E-state index is 13.5. The van der Waals surface area contributed by atoms with Gasteiger partial charge in [0.05, 0.1) is 30.3 Å². The van der Waals surface area contributed by atoms with Gasteiger partial charge in [0.2, 0.25) is 0 Å². The van der Waals surface area contributed by atoms with Crippen LogP contribution in [0.25, 0.3) is 10.9 Å². The van der Waals surface area contributed by atoms with E-state index in [0.717, 1.165) is 73.6 Å². The lowest BCUT2D eigenvalue weighted by Gasteiger charge is -2.34. The minimum absolute atomic E-state index is 0.0559. The Bertz CT molecular complexity index is 958. The highest BCUT2D eigenvalue weighted by molar-refractivity contribution is 6.10. The molecule has 2 aliphatic heterocycles. The summed E-state index contributed by atoms with van der Waals surface area (Å²) in [7, 11) is 0. The number of aromatic nitrogens is 1. The van der Waals surface area contributed by atoms with E-state index < -0.39 is 0 Å². The summed E-state index contributed by atoms with van der Waals surface area (Å²) in [6.45, 7) is 11.6. The zero-order valence-corrected chi connectivity index (χ0v) is 18.4. The van der Waals surface area contributed by atoms with Gasteiger partial charge in [0.1, 0.15) is 12.4 Å². The number of hydrogen-bond acceptors (Lipinski definition) is 4. The van der Waals surface area contributed by atoms with Crippen LogP contribution in [-0.2, 0) is 4.74 Å². The fraction of sp³-hybridized carbons (Fsp3) is 0.625. The van der Waals surface area contributed by atoms with E-state index in [0.29, 0.717) is 6.61 Å². The Morgan fingerprint density at radius 2 is 2.07 bits per heavy atom. The molecule has 6 nitrogen and oxygen atoms in total. The number of carbonyl (C=O) groups excluding carboxylic acids is 1. The van der Waals surface area contributed by atoms with Gasteiger partial charge in [-0.25, -0.2) is 0 Å². The molecule has 1 saturated carbocycles. The van der Waals surface area contributed by atoms with E-state index in [9.17, 15) is 4.79 Å². The van der Waals surface area contributed by atoms with Crippen molar-refractivity contribution in [2.75, 3.05) is 39.5 Å². The third kappa shape index (κ3) is 3.30. The molecule has 0 radical (unpaired) electrons. The number of hydrogen-bond donors (Lipinski definition) is 1. The Kier molecular flexibility index (Phi) is 5.02. The van der Waals surface area contributed by atoms with Crippen LogP contribution in [0.4, 0.5) is 0 Å². The van der Waals surface area contributed by atoms with Crippen LogP contribution in [0.2, 0.25) is 0 Å². The predicted molar refractivity (Wildman–Crippen MR) is 117 cm³/mol. The fourth-order valence-electron chi connectivity index (χ4n) is 5.62. The molecule has 1 saturated heterocycles. The van der Waals surface area contributed by atoms with Crippen molar-refractivity contribution in [1.29, 1.82) is 0 Å². The summed E-state index contributed by atoms with van der Waals surface area (Å²) in [6.07, 6.45) is 3.40. The number of amides is 1. The van der Waals surface area contributed by atoms with Gasteiger partial charge in [-0.1, -0.05) is 32.4 Å². The Balaban J connectivity index is 1.50. The average molecular weight is 412 g/mol. The molecule has 1 N–H and O–H groups in total. The monoisotopic (exact) mass is 411 g/mol. The highest BCUT2D eigenvalue weighted by Gasteiger charge is 2.37. The van der Waals surface area contributed by atoms with Crippen molar-refractivity contribution in [2.45, 2.75) is 52.1 Å². The standard InChI is InChI=1S/C24H33N3O3/c1-16-21(23(28)25-20-8-5-9-24(20,2)3)18-6-4-7-19-22(18)27(16)17(15-30-19)14-26-10-12-29-13-11-26/h4,6-7,17,20H,5,8-15H2,1-3H3,(H,25,28)/t17-,20?/m1/s1. The van der Waals surface area contributed by atoms with Gasteiger partial charge in [-0.3, -0.25) is 9.69 Å². The van der Waals surface area contributed by atoms with E-state index in [2.05, 4.69) is 41.6 Å². The zero-order valence-electron chi connectivity index (χ0n) is 18.4. The number of ether oxygens (including phenoxy) is 2. The average Bonchev–Trinajstić information content (AvgIpc) is 3.22. The largest absolute Gasteiger partial charge is 0.489 e. The second-order valence-electron chi connectivity index (χ2n) is 9.77. The fourth-order valence-corrected chi connectivity index (χ4v) is 5.62. The van der Waals surface area contributed by atoms with Crippen LogP contribution in [0.1, 0.15) is 55.2 Å². The lowest BCUT2D eigenvalue weighted by atomic mass is 9.87. The van der Waals surface area contributed by atoms with Gasteiger partial charge in [-0.05, 0) is 31.2 Å². The van der Waals surface area contributed by atoms with E-state index in [-0.39, 0.29) is 23.4 Å². The predicted octanol–water partition coefficient (Wildman–Crippen LogP) is 3.52. The second-order valence-corrected chi connectivity index (χ2v) is 9.77. The summed E-state index contributed by atoms with van der Waals surface area (Å²) < 4.78 is 14.0. The Morgan fingerprint density at radius 3 is 2.80 bits per heavy atom. The van der Waals surface area contributed by atoms with Gasteiger partial charge in [0, 0.05) is 36.8 Å². The van der Waals surface area contributed by atoms with Gasteiger partial charge in [-0.15, -0.1) is 0 Å². The van der Waals surface area contributed by atoms with Crippen LogP contribution in [0, 0.1) is 12.3 Å². The number of benzene rings is 1. The van der Waals surface area contributed by atoms with Gasteiger partial charge in [0.15, 0.2) is 0 Å². The molecule has 3 heterocycles. The second kappa shape index (κ2) is 7.57. The maximum Gasteiger partial charge on any atom is 0.253 e. The molecule has 3 aliphatic rings. The molecule has 5 rings (SSSR count). The minimum Gasteiger partial charge on any atom is -0.489 e. The lowest BCUT2D eigenvalue weighted by Crippen LogP contribution is -2.42. The number of para-hydroxylation sites is 1. The number of morpholine rings is 1. The first-order chi connectivity index (χ1) is 14.5. The smallest absolute Gasteiger partial charge is 0.253 e.